The lowest BCUT2D eigenvalue weighted by Gasteiger charge is -2.12. The minimum Gasteiger partial charge on any atom is -0.494 e. The van der Waals surface area contributed by atoms with Gasteiger partial charge in [-0.2, -0.15) is 0 Å². The van der Waals surface area contributed by atoms with Crippen molar-refractivity contribution >= 4 is 45.6 Å². The maximum Gasteiger partial charge on any atom is 0.266 e. The third-order valence-corrected chi connectivity index (χ3v) is 5.02. The molecule has 0 aliphatic rings. The minimum atomic E-state index is -0.113. The molecular formula is C23H18IN3O2. The van der Waals surface area contributed by atoms with Crippen LogP contribution < -0.4 is 10.3 Å². The maximum absolute atomic E-state index is 13.4. The lowest BCUT2D eigenvalue weighted by Crippen LogP contribution is -2.22. The first-order valence-corrected chi connectivity index (χ1v) is 10.3. The summed E-state index contributed by atoms with van der Waals surface area (Å²) in [7, 11) is 0. The fourth-order valence-electron chi connectivity index (χ4n) is 3.03. The van der Waals surface area contributed by atoms with Crippen LogP contribution in [0.25, 0.3) is 28.7 Å². The molecule has 2 aromatic heterocycles. The molecule has 2 heterocycles. The molecule has 0 fully saturated rings. The first kappa shape index (κ1) is 19.3. The number of hydrogen-bond donors (Lipinski definition) is 0. The molecule has 144 valence electrons. The summed E-state index contributed by atoms with van der Waals surface area (Å²) >= 11 is 2.20. The number of pyridine rings is 1. The highest BCUT2D eigenvalue weighted by Crippen LogP contribution is 2.19. The number of nitrogens with zero attached hydrogens (tertiary/aromatic N) is 3. The van der Waals surface area contributed by atoms with Gasteiger partial charge in [-0.15, -0.1) is 0 Å². The zero-order chi connectivity index (χ0) is 20.2. The average Bonchev–Trinajstić information content (AvgIpc) is 2.75. The van der Waals surface area contributed by atoms with E-state index < -0.39 is 0 Å². The van der Waals surface area contributed by atoms with E-state index >= 15 is 0 Å². The van der Waals surface area contributed by atoms with E-state index in [1.165, 1.54) is 0 Å². The summed E-state index contributed by atoms with van der Waals surface area (Å²) in [4.78, 5) is 22.4. The molecule has 0 atom stereocenters. The Labute approximate surface area is 181 Å². The van der Waals surface area contributed by atoms with Gasteiger partial charge in [0.1, 0.15) is 11.6 Å². The number of rotatable bonds is 5. The van der Waals surface area contributed by atoms with Crippen LogP contribution >= 0.6 is 22.6 Å². The van der Waals surface area contributed by atoms with E-state index in [1.807, 2.05) is 79.7 Å². The Morgan fingerprint density at radius 3 is 2.62 bits per heavy atom. The highest BCUT2D eigenvalue weighted by Gasteiger charge is 2.12. The van der Waals surface area contributed by atoms with Crippen LogP contribution in [0.2, 0.25) is 0 Å². The molecule has 0 aliphatic heterocycles. The monoisotopic (exact) mass is 495 g/mol. The van der Waals surface area contributed by atoms with Gasteiger partial charge < -0.3 is 4.74 Å². The minimum absolute atomic E-state index is 0.113. The van der Waals surface area contributed by atoms with Crippen LogP contribution in [0, 0.1) is 3.57 Å². The summed E-state index contributed by atoms with van der Waals surface area (Å²) < 4.78 is 8.13. The summed E-state index contributed by atoms with van der Waals surface area (Å²) in [6, 6.07) is 18.8. The van der Waals surface area contributed by atoms with Crippen LogP contribution in [0.4, 0.5) is 0 Å². The number of fused-ring (bicyclic) bond motifs is 1. The predicted octanol–water partition coefficient (Wildman–Crippen LogP) is 4.95. The molecule has 5 nitrogen and oxygen atoms in total. The van der Waals surface area contributed by atoms with E-state index in [-0.39, 0.29) is 5.56 Å². The van der Waals surface area contributed by atoms with E-state index in [0.29, 0.717) is 23.3 Å². The Bertz CT molecular complexity index is 1230. The van der Waals surface area contributed by atoms with Crippen LogP contribution in [0.15, 0.2) is 71.7 Å². The fourth-order valence-corrected chi connectivity index (χ4v) is 3.52. The number of benzene rings is 2. The molecule has 2 aromatic carbocycles. The van der Waals surface area contributed by atoms with Crippen LogP contribution in [-0.2, 0) is 0 Å². The van der Waals surface area contributed by atoms with Crippen molar-refractivity contribution in [3.05, 3.63) is 92.3 Å². The van der Waals surface area contributed by atoms with Crippen molar-refractivity contribution in [2.45, 2.75) is 6.92 Å². The second-order valence-corrected chi connectivity index (χ2v) is 7.53. The smallest absolute Gasteiger partial charge is 0.266 e. The van der Waals surface area contributed by atoms with Gasteiger partial charge in [-0.25, -0.2) is 4.98 Å². The van der Waals surface area contributed by atoms with E-state index in [4.69, 9.17) is 9.72 Å². The number of aromatic nitrogens is 3. The van der Waals surface area contributed by atoms with Crippen LogP contribution in [0.3, 0.4) is 0 Å². The Balaban J connectivity index is 1.90. The van der Waals surface area contributed by atoms with Gasteiger partial charge in [0.25, 0.3) is 5.56 Å². The fraction of sp³-hybridized carbons (Fsp3) is 0.0870. The molecule has 0 spiro atoms. The van der Waals surface area contributed by atoms with Crippen molar-refractivity contribution in [2.24, 2.45) is 0 Å². The van der Waals surface area contributed by atoms with Crippen LogP contribution in [-0.4, -0.2) is 21.1 Å². The van der Waals surface area contributed by atoms with Crippen LogP contribution in [0.1, 0.15) is 18.4 Å². The summed E-state index contributed by atoms with van der Waals surface area (Å²) in [6.45, 7) is 2.53. The van der Waals surface area contributed by atoms with Crippen molar-refractivity contribution in [3.8, 4) is 11.4 Å². The molecule has 0 amide bonds. The summed E-state index contributed by atoms with van der Waals surface area (Å²) in [5.74, 6) is 1.30. The van der Waals surface area contributed by atoms with E-state index in [0.717, 1.165) is 20.7 Å². The van der Waals surface area contributed by atoms with Crippen LogP contribution in [0.5, 0.6) is 5.75 Å². The topological polar surface area (TPSA) is 57.0 Å². The molecule has 0 saturated heterocycles. The van der Waals surface area contributed by atoms with Gasteiger partial charge in [-0.1, -0.05) is 6.07 Å². The van der Waals surface area contributed by atoms with Gasteiger partial charge in [0.2, 0.25) is 0 Å². The zero-order valence-electron chi connectivity index (χ0n) is 15.7. The predicted molar refractivity (Wildman–Crippen MR) is 124 cm³/mol. The molecule has 29 heavy (non-hydrogen) atoms. The number of ether oxygens (including phenoxy) is 1. The van der Waals surface area contributed by atoms with E-state index in [2.05, 4.69) is 27.6 Å². The second kappa shape index (κ2) is 8.57. The average molecular weight is 495 g/mol. The van der Waals surface area contributed by atoms with Crippen molar-refractivity contribution in [3.63, 3.8) is 0 Å². The third-order valence-electron chi connectivity index (χ3n) is 4.35. The molecule has 4 rings (SSSR count). The highest BCUT2D eigenvalue weighted by molar-refractivity contribution is 14.1. The lowest BCUT2D eigenvalue weighted by molar-refractivity contribution is 0.340. The molecule has 0 saturated carbocycles. The van der Waals surface area contributed by atoms with Crippen molar-refractivity contribution < 1.29 is 4.74 Å². The summed E-state index contributed by atoms with van der Waals surface area (Å²) in [5.41, 5.74) is 2.08. The third kappa shape index (κ3) is 4.22. The molecule has 0 aliphatic carbocycles. The Morgan fingerprint density at radius 2 is 1.90 bits per heavy atom. The Morgan fingerprint density at radius 1 is 1.07 bits per heavy atom. The number of hydrogen-bond acceptors (Lipinski definition) is 4. The second-order valence-electron chi connectivity index (χ2n) is 6.29. The first-order valence-electron chi connectivity index (χ1n) is 9.20. The molecule has 0 radical (unpaired) electrons. The van der Waals surface area contributed by atoms with Gasteiger partial charge in [0, 0.05) is 9.77 Å². The normalized spacial score (nSPS) is 11.2. The molecule has 4 aromatic rings. The van der Waals surface area contributed by atoms with E-state index in [1.54, 1.807) is 10.8 Å². The Hall–Kier alpha value is -3.00. The maximum atomic E-state index is 13.4. The first-order chi connectivity index (χ1) is 14.2. The quantitative estimate of drug-likeness (QED) is 0.368. The molecule has 0 unspecified atom stereocenters. The van der Waals surface area contributed by atoms with Crippen molar-refractivity contribution in [1.82, 2.24) is 14.5 Å². The van der Waals surface area contributed by atoms with Gasteiger partial charge in [0.05, 0.1) is 28.9 Å². The van der Waals surface area contributed by atoms with E-state index in [9.17, 15) is 4.79 Å². The molecular weight excluding hydrogens is 477 g/mol. The summed E-state index contributed by atoms with van der Waals surface area (Å²) in [5, 5.41) is 0.584. The zero-order valence-corrected chi connectivity index (χ0v) is 17.9. The van der Waals surface area contributed by atoms with Gasteiger partial charge >= 0.3 is 0 Å². The van der Waals surface area contributed by atoms with Gasteiger partial charge in [-0.05, 0) is 96.3 Å². The van der Waals surface area contributed by atoms with Crippen molar-refractivity contribution in [2.75, 3.05) is 6.61 Å². The van der Waals surface area contributed by atoms with Gasteiger partial charge in [0.15, 0.2) is 0 Å². The SMILES string of the molecule is CCOc1ccc(-n2c(/C=C/c3ccccn3)nc3ccc(I)cc3c2=O)cc1. The number of halogens is 1. The molecule has 0 N–H and O–H groups in total. The largest absolute Gasteiger partial charge is 0.494 e. The van der Waals surface area contributed by atoms with Gasteiger partial charge in [-0.3, -0.25) is 14.3 Å². The standard InChI is InChI=1S/C23H18IN3O2/c1-2-29-19-10-8-18(9-11-19)27-22(13-7-17-5-3-4-14-25-17)26-21-12-6-16(24)15-20(21)23(27)28/h3-15H,2H2,1H3/b13-7+. The highest BCUT2D eigenvalue weighted by atomic mass is 127. The Kier molecular flexibility index (Phi) is 5.71. The summed E-state index contributed by atoms with van der Waals surface area (Å²) in [6.07, 6.45) is 5.40. The molecule has 6 heteroatoms. The molecule has 0 bridgehead atoms. The lowest BCUT2D eigenvalue weighted by atomic mass is 10.2. The van der Waals surface area contributed by atoms with Crippen molar-refractivity contribution in [1.29, 1.82) is 0 Å².